The molecule has 24 heavy (non-hydrogen) atoms. The van der Waals surface area contributed by atoms with Crippen molar-refractivity contribution in [3.05, 3.63) is 29.3 Å². The van der Waals surface area contributed by atoms with E-state index in [0.29, 0.717) is 24.4 Å². The molecule has 5 heteroatoms. The lowest BCUT2D eigenvalue weighted by Crippen LogP contribution is -2.55. The van der Waals surface area contributed by atoms with Crippen LogP contribution in [0.4, 0.5) is 5.69 Å². The minimum Gasteiger partial charge on any atom is -0.462 e. The predicted octanol–water partition coefficient (Wildman–Crippen LogP) is 3.13. The molecule has 1 amide bonds. The highest BCUT2D eigenvalue weighted by Gasteiger charge is 2.31. The van der Waals surface area contributed by atoms with E-state index in [2.05, 4.69) is 12.2 Å². The number of nitrogens with one attached hydrogen (secondary N) is 1. The number of carbonyl (C=O) groups excluding carboxylic acids is 2. The number of ether oxygens (including phenoxy) is 1. The summed E-state index contributed by atoms with van der Waals surface area (Å²) >= 11 is 0. The van der Waals surface area contributed by atoms with Gasteiger partial charge in [-0.05, 0) is 51.7 Å². The fourth-order valence-corrected chi connectivity index (χ4v) is 3.47. The maximum atomic E-state index is 12.7. The van der Waals surface area contributed by atoms with Crippen LogP contribution in [0.25, 0.3) is 0 Å². The Morgan fingerprint density at radius 2 is 1.88 bits per heavy atom. The molecule has 132 valence electrons. The van der Waals surface area contributed by atoms with Crippen LogP contribution >= 0.6 is 0 Å². The molecule has 0 atom stereocenters. The van der Waals surface area contributed by atoms with Gasteiger partial charge in [0.15, 0.2) is 6.54 Å². The summed E-state index contributed by atoms with van der Waals surface area (Å²) in [6.45, 7) is 9.68. The zero-order valence-corrected chi connectivity index (χ0v) is 15.1. The zero-order valence-electron chi connectivity index (χ0n) is 15.1. The van der Waals surface area contributed by atoms with Crippen LogP contribution in [0, 0.1) is 6.92 Å². The van der Waals surface area contributed by atoms with Gasteiger partial charge in [0.2, 0.25) is 0 Å². The largest absolute Gasteiger partial charge is 0.462 e. The first kappa shape index (κ1) is 18.5. The van der Waals surface area contributed by atoms with Crippen molar-refractivity contribution in [1.82, 2.24) is 0 Å². The molecule has 0 aliphatic carbocycles. The van der Waals surface area contributed by atoms with Crippen molar-refractivity contribution >= 4 is 17.6 Å². The summed E-state index contributed by atoms with van der Waals surface area (Å²) in [4.78, 5) is 24.8. The molecule has 1 aromatic carbocycles. The van der Waals surface area contributed by atoms with E-state index in [-0.39, 0.29) is 5.91 Å². The first-order valence-electron chi connectivity index (χ1n) is 8.93. The van der Waals surface area contributed by atoms with E-state index in [0.717, 1.165) is 29.7 Å². The number of hydrogen-bond acceptors (Lipinski definition) is 3. The van der Waals surface area contributed by atoms with Crippen LogP contribution < -0.4 is 5.32 Å². The summed E-state index contributed by atoms with van der Waals surface area (Å²) in [5.74, 6) is -0.424. The van der Waals surface area contributed by atoms with Crippen LogP contribution in [0.3, 0.4) is 0 Å². The molecule has 0 bridgehead atoms. The number of benzene rings is 1. The van der Waals surface area contributed by atoms with Crippen LogP contribution in [-0.2, 0) is 9.53 Å². The summed E-state index contributed by atoms with van der Waals surface area (Å²) in [6.07, 6.45) is 3.62. The molecule has 0 spiro atoms. The summed E-state index contributed by atoms with van der Waals surface area (Å²) in [7, 11) is 0. The maximum Gasteiger partial charge on any atom is 0.340 e. The van der Waals surface area contributed by atoms with Crippen LogP contribution in [0.2, 0.25) is 0 Å². The quantitative estimate of drug-likeness (QED) is 0.643. The van der Waals surface area contributed by atoms with Gasteiger partial charge >= 0.3 is 5.97 Å². The van der Waals surface area contributed by atoms with E-state index in [1.165, 1.54) is 19.3 Å². The highest BCUT2D eigenvalue weighted by molar-refractivity contribution is 6.02. The lowest BCUT2D eigenvalue weighted by Gasteiger charge is -2.40. The fraction of sp³-hybridized carbons (Fsp3) is 0.579. The molecule has 5 nitrogen and oxygen atoms in total. The summed E-state index contributed by atoms with van der Waals surface area (Å²) < 4.78 is 5.94. The Balaban J connectivity index is 2.15. The Hall–Kier alpha value is -1.88. The molecule has 1 heterocycles. The van der Waals surface area contributed by atoms with E-state index >= 15 is 0 Å². The third-order valence-electron chi connectivity index (χ3n) is 4.95. The van der Waals surface area contributed by atoms with Gasteiger partial charge in [0.05, 0.1) is 37.5 Å². The topological polar surface area (TPSA) is 55.4 Å². The zero-order chi connectivity index (χ0) is 17.6. The first-order valence-corrected chi connectivity index (χ1v) is 8.93. The number of anilines is 1. The minimum atomic E-state index is -0.395. The number of esters is 1. The molecule has 1 aromatic rings. The van der Waals surface area contributed by atoms with Gasteiger partial charge in [0.1, 0.15) is 0 Å². The second-order valence-electron chi connectivity index (χ2n) is 6.59. The number of amides is 1. The standard InChI is InChI=1S/C19H28N2O3/c1-4-21(12-7-6-8-13-21)14-17(22)20-18-15(3)10-9-11-16(18)19(23)24-5-2/h9-11H,4-8,12-14H2,1-3H3/p+1. The van der Waals surface area contributed by atoms with Crippen LogP contribution in [-0.4, -0.2) is 49.1 Å². The maximum absolute atomic E-state index is 12.7. The van der Waals surface area contributed by atoms with Crippen molar-refractivity contribution in [2.24, 2.45) is 0 Å². The number of aryl methyl sites for hydroxylation is 1. The molecule has 0 saturated carbocycles. The SMILES string of the molecule is CCOC(=O)c1cccc(C)c1NC(=O)C[N+]1(CC)CCCCC1. The van der Waals surface area contributed by atoms with Crippen molar-refractivity contribution in [2.45, 2.75) is 40.0 Å². The third-order valence-corrected chi connectivity index (χ3v) is 4.95. The van der Waals surface area contributed by atoms with Gasteiger partial charge in [-0.25, -0.2) is 4.79 Å². The van der Waals surface area contributed by atoms with Crippen molar-refractivity contribution < 1.29 is 18.8 Å². The molecule has 1 aliphatic rings. The molecule has 2 rings (SSSR count). The number of para-hydroxylation sites is 1. The average molecular weight is 333 g/mol. The normalized spacial score (nSPS) is 16.5. The predicted molar refractivity (Wildman–Crippen MR) is 95.0 cm³/mol. The lowest BCUT2D eigenvalue weighted by molar-refractivity contribution is -0.923. The van der Waals surface area contributed by atoms with E-state index in [1.54, 1.807) is 13.0 Å². The van der Waals surface area contributed by atoms with Crippen molar-refractivity contribution in [2.75, 3.05) is 38.1 Å². The molecule has 0 radical (unpaired) electrons. The van der Waals surface area contributed by atoms with Crippen LogP contribution in [0.5, 0.6) is 0 Å². The molecule has 1 saturated heterocycles. The smallest absolute Gasteiger partial charge is 0.340 e. The monoisotopic (exact) mass is 333 g/mol. The number of likely N-dealkylation sites (N-methyl/N-ethyl adjacent to an activating group) is 1. The van der Waals surface area contributed by atoms with E-state index in [1.807, 2.05) is 19.1 Å². The number of nitrogens with zero attached hydrogens (tertiary/aromatic N) is 1. The Kier molecular flexibility index (Phi) is 6.37. The van der Waals surface area contributed by atoms with E-state index in [9.17, 15) is 9.59 Å². The number of hydrogen-bond donors (Lipinski definition) is 1. The number of piperidine rings is 1. The fourth-order valence-electron chi connectivity index (χ4n) is 3.47. The highest BCUT2D eigenvalue weighted by atomic mass is 16.5. The number of rotatable bonds is 6. The van der Waals surface area contributed by atoms with Crippen LogP contribution in [0.15, 0.2) is 18.2 Å². The summed E-state index contributed by atoms with van der Waals surface area (Å²) in [5.41, 5.74) is 1.87. The van der Waals surface area contributed by atoms with Gasteiger partial charge in [-0.15, -0.1) is 0 Å². The van der Waals surface area contributed by atoms with Gasteiger partial charge in [0.25, 0.3) is 5.91 Å². The second kappa shape index (κ2) is 8.29. The number of quaternary nitrogens is 1. The van der Waals surface area contributed by atoms with Gasteiger partial charge in [0, 0.05) is 0 Å². The average Bonchev–Trinajstić information content (AvgIpc) is 2.57. The van der Waals surface area contributed by atoms with Crippen molar-refractivity contribution in [3.63, 3.8) is 0 Å². The number of carbonyl (C=O) groups is 2. The third kappa shape index (κ3) is 4.35. The molecule has 0 aromatic heterocycles. The molecule has 1 aliphatic heterocycles. The molecule has 1 N–H and O–H groups in total. The summed E-state index contributed by atoms with van der Waals surface area (Å²) in [6, 6.07) is 5.40. The Labute approximate surface area is 144 Å². The van der Waals surface area contributed by atoms with Gasteiger partial charge < -0.3 is 14.5 Å². The van der Waals surface area contributed by atoms with Crippen molar-refractivity contribution in [1.29, 1.82) is 0 Å². The molecular formula is C19H29N2O3+. The first-order chi connectivity index (χ1) is 11.5. The van der Waals surface area contributed by atoms with Gasteiger partial charge in [-0.2, -0.15) is 0 Å². The molecule has 1 fully saturated rings. The lowest BCUT2D eigenvalue weighted by atomic mass is 10.1. The van der Waals surface area contributed by atoms with Crippen molar-refractivity contribution in [3.8, 4) is 0 Å². The van der Waals surface area contributed by atoms with Crippen LogP contribution in [0.1, 0.15) is 49.0 Å². The summed E-state index contributed by atoms with van der Waals surface area (Å²) in [5, 5.41) is 2.97. The second-order valence-corrected chi connectivity index (χ2v) is 6.59. The Morgan fingerprint density at radius 3 is 2.50 bits per heavy atom. The molecular weight excluding hydrogens is 304 g/mol. The molecule has 0 unspecified atom stereocenters. The van der Waals surface area contributed by atoms with E-state index < -0.39 is 5.97 Å². The van der Waals surface area contributed by atoms with E-state index in [4.69, 9.17) is 4.74 Å². The van der Waals surface area contributed by atoms with Gasteiger partial charge in [-0.3, -0.25) is 4.79 Å². The highest BCUT2D eigenvalue weighted by Crippen LogP contribution is 2.23. The minimum absolute atomic E-state index is 0.0291. The Morgan fingerprint density at radius 1 is 1.17 bits per heavy atom. The number of likely N-dealkylation sites (tertiary alicyclic amines) is 1. The van der Waals surface area contributed by atoms with Gasteiger partial charge in [-0.1, -0.05) is 12.1 Å². The Bertz CT molecular complexity index is 592.